The number of nitrogens with one attached hydrogen (secondary N) is 1. The monoisotopic (exact) mass is 431 g/mol. The summed E-state index contributed by atoms with van der Waals surface area (Å²) in [5, 5.41) is 5.22. The summed E-state index contributed by atoms with van der Waals surface area (Å²) in [5.74, 6) is 1.58. The average molecular weight is 432 g/mol. The second kappa shape index (κ2) is 7.42. The molecule has 0 atom stereocenters. The van der Waals surface area contributed by atoms with E-state index in [4.69, 9.17) is 37.2 Å². The lowest BCUT2D eigenvalue weighted by molar-refractivity contribution is 0.397. The van der Waals surface area contributed by atoms with Crippen LogP contribution in [0.5, 0.6) is 11.5 Å². The number of rotatable bonds is 4. The predicted octanol–water partition coefficient (Wildman–Crippen LogP) is 4.88. The summed E-state index contributed by atoms with van der Waals surface area (Å²) in [6, 6.07) is 8.40. The van der Waals surface area contributed by atoms with Crippen molar-refractivity contribution in [2.45, 2.75) is 6.92 Å². The molecule has 2 heterocycles. The van der Waals surface area contributed by atoms with Gasteiger partial charge in [0.2, 0.25) is 0 Å². The molecule has 2 aromatic heterocycles. The minimum atomic E-state index is -0.374. The summed E-state index contributed by atoms with van der Waals surface area (Å²) >= 11 is 12.7. The van der Waals surface area contributed by atoms with E-state index in [9.17, 15) is 4.79 Å². The van der Waals surface area contributed by atoms with E-state index in [1.165, 1.54) is 14.2 Å². The zero-order valence-corrected chi connectivity index (χ0v) is 17.2. The van der Waals surface area contributed by atoms with E-state index in [0.717, 1.165) is 0 Å². The van der Waals surface area contributed by atoms with Crippen LogP contribution < -0.4 is 15.0 Å². The van der Waals surface area contributed by atoms with Crippen molar-refractivity contribution in [3.05, 3.63) is 56.5 Å². The molecule has 0 fully saturated rings. The zero-order valence-electron chi connectivity index (χ0n) is 15.7. The van der Waals surface area contributed by atoms with Crippen LogP contribution in [-0.2, 0) is 0 Å². The molecule has 0 amide bonds. The van der Waals surface area contributed by atoms with Crippen molar-refractivity contribution < 1.29 is 14.0 Å². The van der Waals surface area contributed by atoms with Gasteiger partial charge in [0.1, 0.15) is 34.2 Å². The standard InChI is InChI=1S/C20H15Cl2N3O4/c1-9-15(18(25-29-9)16-11(21)5-4-6-12(16)22)19-23-13-7-10(27-2)8-14(28-3)17(13)20(26)24-19/h4-8H,1-3H3,(H,23,24,26). The lowest BCUT2D eigenvalue weighted by Crippen LogP contribution is -2.11. The molecule has 0 aliphatic rings. The molecular formula is C20H15Cl2N3O4. The van der Waals surface area contributed by atoms with Crippen LogP contribution in [0.15, 0.2) is 39.6 Å². The molecule has 1 N–H and O–H groups in total. The van der Waals surface area contributed by atoms with Gasteiger partial charge < -0.3 is 19.0 Å². The molecule has 4 rings (SSSR count). The van der Waals surface area contributed by atoms with Gasteiger partial charge in [-0.25, -0.2) is 4.98 Å². The Labute approximate surface area is 175 Å². The molecule has 7 nitrogen and oxygen atoms in total. The topological polar surface area (TPSA) is 90.2 Å². The molecule has 0 aliphatic heterocycles. The highest BCUT2D eigenvalue weighted by atomic mass is 35.5. The zero-order chi connectivity index (χ0) is 20.7. The van der Waals surface area contributed by atoms with Gasteiger partial charge in [0.25, 0.3) is 5.56 Å². The maximum absolute atomic E-state index is 12.8. The Kier molecular flexibility index (Phi) is 4.94. The lowest BCUT2D eigenvalue weighted by Gasteiger charge is -2.10. The Bertz CT molecular complexity index is 1280. The van der Waals surface area contributed by atoms with Gasteiger partial charge in [0.15, 0.2) is 0 Å². The Hall–Kier alpha value is -3.03. The normalized spacial score (nSPS) is 11.1. The van der Waals surface area contributed by atoms with Crippen molar-refractivity contribution >= 4 is 34.1 Å². The van der Waals surface area contributed by atoms with Crippen LogP contribution in [0.2, 0.25) is 10.0 Å². The van der Waals surface area contributed by atoms with E-state index >= 15 is 0 Å². The second-order valence-electron chi connectivity index (χ2n) is 6.20. The quantitative estimate of drug-likeness (QED) is 0.495. The molecule has 148 valence electrons. The summed E-state index contributed by atoms with van der Waals surface area (Å²) in [7, 11) is 3.00. The lowest BCUT2D eigenvalue weighted by atomic mass is 10.0. The van der Waals surface area contributed by atoms with Gasteiger partial charge in [-0.3, -0.25) is 4.79 Å². The molecule has 0 spiro atoms. The Morgan fingerprint density at radius 2 is 1.79 bits per heavy atom. The third-order valence-electron chi connectivity index (χ3n) is 4.50. The first-order valence-corrected chi connectivity index (χ1v) is 9.27. The summed E-state index contributed by atoms with van der Waals surface area (Å²) in [6.45, 7) is 1.72. The summed E-state index contributed by atoms with van der Waals surface area (Å²) in [6.07, 6.45) is 0. The van der Waals surface area contributed by atoms with E-state index < -0.39 is 0 Å². The fourth-order valence-electron chi connectivity index (χ4n) is 3.15. The third kappa shape index (κ3) is 3.22. The van der Waals surface area contributed by atoms with Crippen molar-refractivity contribution in [1.82, 2.24) is 15.1 Å². The van der Waals surface area contributed by atoms with E-state index in [1.54, 1.807) is 37.3 Å². The molecule has 4 aromatic rings. The number of aromatic amines is 1. The summed E-state index contributed by atoms with van der Waals surface area (Å²) < 4.78 is 16.0. The van der Waals surface area contributed by atoms with E-state index in [0.29, 0.717) is 55.0 Å². The maximum atomic E-state index is 12.8. The van der Waals surface area contributed by atoms with E-state index in [1.807, 2.05) is 0 Å². The number of H-pyrrole nitrogens is 1. The van der Waals surface area contributed by atoms with Crippen LogP contribution in [-0.4, -0.2) is 29.3 Å². The smallest absolute Gasteiger partial charge is 0.262 e. The molecule has 2 aromatic carbocycles. The molecule has 0 unspecified atom stereocenters. The van der Waals surface area contributed by atoms with E-state index in [-0.39, 0.29) is 11.4 Å². The molecule has 0 saturated carbocycles. The number of ether oxygens (including phenoxy) is 2. The Morgan fingerprint density at radius 1 is 1.07 bits per heavy atom. The van der Waals surface area contributed by atoms with Crippen LogP contribution in [0.3, 0.4) is 0 Å². The average Bonchev–Trinajstić information content (AvgIpc) is 3.07. The molecule has 0 bridgehead atoms. The number of hydrogen-bond acceptors (Lipinski definition) is 6. The highest BCUT2D eigenvalue weighted by molar-refractivity contribution is 6.39. The van der Waals surface area contributed by atoms with E-state index in [2.05, 4.69) is 15.1 Å². The first-order chi connectivity index (χ1) is 13.9. The van der Waals surface area contributed by atoms with Crippen LogP contribution in [0.1, 0.15) is 5.76 Å². The summed E-state index contributed by atoms with van der Waals surface area (Å²) in [4.78, 5) is 20.2. The number of aryl methyl sites for hydroxylation is 1. The van der Waals surface area contributed by atoms with Gasteiger partial charge in [-0.05, 0) is 19.1 Å². The van der Waals surface area contributed by atoms with Gasteiger partial charge >= 0.3 is 0 Å². The SMILES string of the molecule is COc1cc(OC)c2c(=O)[nH]c(-c3c(-c4c(Cl)cccc4Cl)noc3C)nc2c1. The highest BCUT2D eigenvalue weighted by Gasteiger charge is 2.24. The molecule has 0 aliphatic carbocycles. The number of benzene rings is 2. The maximum Gasteiger partial charge on any atom is 0.262 e. The second-order valence-corrected chi connectivity index (χ2v) is 7.01. The number of nitrogens with zero attached hydrogens (tertiary/aromatic N) is 2. The first-order valence-electron chi connectivity index (χ1n) is 8.51. The Morgan fingerprint density at radius 3 is 2.45 bits per heavy atom. The molecule has 9 heteroatoms. The highest BCUT2D eigenvalue weighted by Crippen LogP contribution is 2.40. The van der Waals surface area contributed by atoms with Gasteiger partial charge in [-0.1, -0.05) is 34.4 Å². The van der Waals surface area contributed by atoms with Gasteiger partial charge in [-0.15, -0.1) is 0 Å². The van der Waals surface area contributed by atoms with Crippen LogP contribution >= 0.6 is 23.2 Å². The first kappa shape index (κ1) is 19.3. The van der Waals surface area contributed by atoms with Gasteiger partial charge in [-0.2, -0.15) is 0 Å². The minimum absolute atomic E-state index is 0.266. The molecular weight excluding hydrogens is 417 g/mol. The third-order valence-corrected chi connectivity index (χ3v) is 5.13. The minimum Gasteiger partial charge on any atom is -0.497 e. The van der Waals surface area contributed by atoms with Crippen molar-refractivity contribution in [1.29, 1.82) is 0 Å². The predicted molar refractivity (Wildman–Crippen MR) is 111 cm³/mol. The van der Waals surface area contributed by atoms with Gasteiger partial charge in [0, 0.05) is 17.7 Å². The number of halogens is 2. The number of fused-ring (bicyclic) bond motifs is 1. The molecule has 0 saturated heterocycles. The number of methoxy groups -OCH3 is 2. The summed E-state index contributed by atoms with van der Waals surface area (Å²) in [5.41, 5.74) is 1.39. The van der Waals surface area contributed by atoms with Crippen molar-refractivity contribution in [2.24, 2.45) is 0 Å². The van der Waals surface area contributed by atoms with Crippen molar-refractivity contribution in [2.75, 3.05) is 14.2 Å². The van der Waals surface area contributed by atoms with Crippen molar-refractivity contribution in [3.63, 3.8) is 0 Å². The number of hydrogen-bond donors (Lipinski definition) is 1. The van der Waals surface area contributed by atoms with Crippen molar-refractivity contribution in [3.8, 4) is 34.1 Å². The van der Waals surface area contributed by atoms with Crippen LogP contribution in [0.25, 0.3) is 33.5 Å². The fraction of sp³-hybridized carbons (Fsp3) is 0.150. The van der Waals surface area contributed by atoms with Crippen LogP contribution in [0.4, 0.5) is 0 Å². The largest absolute Gasteiger partial charge is 0.497 e. The van der Waals surface area contributed by atoms with Gasteiger partial charge in [0.05, 0.1) is 35.3 Å². The van der Waals surface area contributed by atoms with Crippen LogP contribution in [0, 0.1) is 6.92 Å². The Balaban J connectivity index is 2.02. The molecule has 29 heavy (non-hydrogen) atoms. The number of aromatic nitrogens is 3. The molecule has 0 radical (unpaired) electrons. The fourth-order valence-corrected chi connectivity index (χ4v) is 3.73.